The van der Waals surface area contributed by atoms with Crippen LogP contribution in [-0.4, -0.2) is 4.98 Å². The summed E-state index contributed by atoms with van der Waals surface area (Å²) in [4.78, 5) is 4.01. The predicted octanol–water partition coefficient (Wildman–Crippen LogP) is 3.77. The molecule has 2 rings (SSSR count). The average molecular weight is 288 g/mol. The highest BCUT2D eigenvalue weighted by molar-refractivity contribution is 9.10. The molecule has 0 saturated heterocycles. The summed E-state index contributed by atoms with van der Waals surface area (Å²) in [6.45, 7) is 2.01. The predicted molar refractivity (Wildman–Crippen MR) is 71.1 cm³/mol. The first-order chi connectivity index (χ1) is 8.20. The minimum Gasteiger partial charge on any atom is -0.353 e. The zero-order valence-corrected chi connectivity index (χ0v) is 10.8. The molecule has 0 aliphatic carbocycles. The molecule has 0 fully saturated rings. The molecule has 0 unspecified atom stereocenters. The Hall–Kier alpha value is -1.86. The van der Waals surface area contributed by atoms with Crippen LogP contribution in [0.15, 0.2) is 41.0 Å². The summed E-state index contributed by atoms with van der Waals surface area (Å²) >= 11 is 3.42. The number of halogens is 1. The Labute approximate surface area is 108 Å². The number of anilines is 2. The zero-order chi connectivity index (χ0) is 12.3. The quantitative estimate of drug-likeness (QED) is 0.915. The van der Waals surface area contributed by atoms with Gasteiger partial charge in [-0.2, -0.15) is 5.26 Å². The van der Waals surface area contributed by atoms with E-state index >= 15 is 0 Å². The van der Waals surface area contributed by atoms with Gasteiger partial charge in [-0.1, -0.05) is 22.0 Å². The molecule has 84 valence electrons. The van der Waals surface area contributed by atoms with Gasteiger partial charge in [0, 0.05) is 16.4 Å². The molecular weight excluding hydrogens is 278 g/mol. The number of aromatic nitrogens is 1. The summed E-state index contributed by atoms with van der Waals surface area (Å²) in [5, 5.41) is 12.2. The van der Waals surface area contributed by atoms with Gasteiger partial charge in [0.2, 0.25) is 0 Å². The van der Waals surface area contributed by atoms with E-state index in [1.807, 2.05) is 31.2 Å². The SMILES string of the molecule is Cc1ccc(Br)cc1Nc1cccnc1C#N. The highest BCUT2D eigenvalue weighted by Gasteiger charge is 2.04. The van der Waals surface area contributed by atoms with Crippen molar-refractivity contribution in [3.63, 3.8) is 0 Å². The molecule has 0 aliphatic heterocycles. The molecule has 1 aromatic heterocycles. The third kappa shape index (κ3) is 2.63. The second-order valence-corrected chi connectivity index (χ2v) is 4.51. The summed E-state index contributed by atoms with van der Waals surface area (Å²) in [5.41, 5.74) is 3.19. The van der Waals surface area contributed by atoms with E-state index in [1.165, 1.54) is 0 Å². The lowest BCUT2D eigenvalue weighted by Crippen LogP contribution is -1.97. The Morgan fingerprint density at radius 2 is 2.12 bits per heavy atom. The van der Waals surface area contributed by atoms with Gasteiger partial charge in [0.25, 0.3) is 0 Å². The maximum Gasteiger partial charge on any atom is 0.163 e. The monoisotopic (exact) mass is 287 g/mol. The third-order valence-electron chi connectivity index (χ3n) is 2.38. The summed E-state index contributed by atoms with van der Waals surface area (Å²) < 4.78 is 0.994. The Morgan fingerprint density at radius 3 is 2.88 bits per heavy atom. The molecule has 1 aromatic carbocycles. The number of nitriles is 1. The Kier molecular flexibility index (Phi) is 3.40. The molecule has 0 saturated carbocycles. The lowest BCUT2D eigenvalue weighted by atomic mass is 10.2. The molecule has 0 amide bonds. The lowest BCUT2D eigenvalue weighted by molar-refractivity contribution is 1.26. The summed E-state index contributed by atoms with van der Waals surface area (Å²) in [5.74, 6) is 0. The molecular formula is C13H10BrN3. The number of nitrogens with one attached hydrogen (secondary N) is 1. The second-order valence-electron chi connectivity index (χ2n) is 3.60. The van der Waals surface area contributed by atoms with Gasteiger partial charge >= 0.3 is 0 Å². The number of hydrogen-bond acceptors (Lipinski definition) is 3. The van der Waals surface area contributed by atoms with Crippen molar-refractivity contribution in [2.75, 3.05) is 5.32 Å². The molecule has 0 bridgehead atoms. The van der Waals surface area contributed by atoms with Crippen LogP contribution in [0.2, 0.25) is 0 Å². The molecule has 0 aliphatic rings. The van der Waals surface area contributed by atoms with Crippen molar-refractivity contribution in [2.24, 2.45) is 0 Å². The van der Waals surface area contributed by atoms with Gasteiger partial charge in [0.1, 0.15) is 6.07 Å². The van der Waals surface area contributed by atoms with Gasteiger partial charge in [-0.15, -0.1) is 0 Å². The molecule has 17 heavy (non-hydrogen) atoms. The van der Waals surface area contributed by atoms with Crippen LogP contribution in [-0.2, 0) is 0 Å². The fourth-order valence-electron chi connectivity index (χ4n) is 1.47. The van der Waals surface area contributed by atoms with Crippen LogP contribution >= 0.6 is 15.9 Å². The highest BCUT2D eigenvalue weighted by atomic mass is 79.9. The van der Waals surface area contributed by atoms with E-state index in [0.717, 1.165) is 21.4 Å². The van der Waals surface area contributed by atoms with Crippen LogP contribution in [0, 0.1) is 18.3 Å². The molecule has 0 atom stereocenters. The van der Waals surface area contributed by atoms with E-state index in [2.05, 4.69) is 32.3 Å². The first kappa shape index (κ1) is 11.6. The molecule has 1 N–H and O–H groups in total. The van der Waals surface area contributed by atoms with Gasteiger partial charge in [-0.3, -0.25) is 0 Å². The smallest absolute Gasteiger partial charge is 0.163 e. The van der Waals surface area contributed by atoms with Crippen LogP contribution in [0.4, 0.5) is 11.4 Å². The van der Waals surface area contributed by atoms with Gasteiger partial charge < -0.3 is 5.32 Å². The van der Waals surface area contributed by atoms with E-state index in [4.69, 9.17) is 5.26 Å². The maximum absolute atomic E-state index is 8.96. The topological polar surface area (TPSA) is 48.7 Å². The minimum atomic E-state index is 0.395. The van der Waals surface area contributed by atoms with Gasteiger partial charge in [0.15, 0.2) is 5.69 Å². The number of rotatable bonds is 2. The van der Waals surface area contributed by atoms with Crippen molar-refractivity contribution in [1.29, 1.82) is 5.26 Å². The number of nitrogens with zero attached hydrogens (tertiary/aromatic N) is 2. The van der Waals surface area contributed by atoms with Crippen molar-refractivity contribution < 1.29 is 0 Å². The summed E-state index contributed by atoms with van der Waals surface area (Å²) in [6, 6.07) is 11.7. The molecule has 1 heterocycles. The largest absolute Gasteiger partial charge is 0.353 e. The number of benzene rings is 1. The van der Waals surface area contributed by atoms with E-state index < -0.39 is 0 Å². The molecule has 4 heteroatoms. The fraction of sp³-hybridized carbons (Fsp3) is 0.0769. The highest BCUT2D eigenvalue weighted by Crippen LogP contribution is 2.25. The third-order valence-corrected chi connectivity index (χ3v) is 2.88. The first-order valence-corrected chi connectivity index (χ1v) is 5.88. The summed E-state index contributed by atoms with van der Waals surface area (Å²) in [6.07, 6.45) is 1.61. The van der Waals surface area contributed by atoms with Gasteiger partial charge in [0.05, 0.1) is 5.69 Å². The standard InChI is InChI=1S/C13H10BrN3/c1-9-4-5-10(14)7-12(9)17-11-3-2-6-16-13(11)8-15/h2-7,17H,1H3. The lowest BCUT2D eigenvalue weighted by Gasteiger charge is -2.10. The zero-order valence-electron chi connectivity index (χ0n) is 9.24. The van der Waals surface area contributed by atoms with Crippen molar-refractivity contribution in [3.8, 4) is 6.07 Å². The first-order valence-electron chi connectivity index (χ1n) is 5.09. The molecule has 0 radical (unpaired) electrons. The Morgan fingerprint density at radius 1 is 1.29 bits per heavy atom. The van der Waals surface area contributed by atoms with Crippen LogP contribution < -0.4 is 5.32 Å². The summed E-state index contributed by atoms with van der Waals surface area (Å²) in [7, 11) is 0. The second kappa shape index (κ2) is 4.98. The van der Waals surface area contributed by atoms with Crippen LogP contribution in [0.5, 0.6) is 0 Å². The van der Waals surface area contributed by atoms with Gasteiger partial charge in [-0.05, 0) is 36.8 Å². The van der Waals surface area contributed by atoms with Crippen molar-refractivity contribution in [2.45, 2.75) is 6.92 Å². The van der Waals surface area contributed by atoms with Crippen molar-refractivity contribution >= 4 is 27.3 Å². The van der Waals surface area contributed by atoms with Crippen LogP contribution in [0.1, 0.15) is 11.3 Å². The van der Waals surface area contributed by atoms with Crippen molar-refractivity contribution in [1.82, 2.24) is 4.98 Å². The Balaban J connectivity index is 2.38. The molecule has 0 spiro atoms. The Bertz CT molecular complexity index is 587. The van der Waals surface area contributed by atoms with E-state index in [9.17, 15) is 0 Å². The van der Waals surface area contributed by atoms with E-state index in [1.54, 1.807) is 12.3 Å². The molecule has 2 aromatic rings. The van der Waals surface area contributed by atoms with Crippen molar-refractivity contribution in [3.05, 3.63) is 52.3 Å². The van der Waals surface area contributed by atoms with E-state index in [-0.39, 0.29) is 0 Å². The number of aryl methyl sites for hydroxylation is 1. The van der Waals surface area contributed by atoms with Crippen LogP contribution in [0.25, 0.3) is 0 Å². The number of hydrogen-bond donors (Lipinski definition) is 1. The normalized spacial score (nSPS) is 9.71. The molecule has 3 nitrogen and oxygen atoms in total. The average Bonchev–Trinajstić information content (AvgIpc) is 2.34. The van der Waals surface area contributed by atoms with Gasteiger partial charge in [-0.25, -0.2) is 4.98 Å². The minimum absolute atomic E-state index is 0.395. The van der Waals surface area contributed by atoms with Crippen LogP contribution in [0.3, 0.4) is 0 Å². The maximum atomic E-state index is 8.96. The fourth-order valence-corrected chi connectivity index (χ4v) is 1.83. The van der Waals surface area contributed by atoms with E-state index in [0.29, 0.717) is 5.69 Å². The number of pyridine rings is 1.